The Balaban J connectivity index is 2.55. The van der Waals surface area contributed by atoms with Crippen LogP contribution in [-0.2, 0) is 6.54 Å². The predicted octanol–water partition coefficient (Wildman–Crippen LogP) is 0.709. The number of aliphatic hydroxyl groups excluding tert-OH is 2. The van der Waals surface area contributed by atoms with Gasteiger partial charge < -0.3 is 15.5 Å². The molecule has 19 heavy (non-hydrogen) atoms. The Bertz CT molecular complexity index is 450. The molecule has 7 heteroatoms. The third-order valence-electron chi connectivity index (χ3n) is 2.80. The van der Waals surface area contributed by atoms with Gasteiger partial charge in [-0.05, 0) is 18.8 Å². The van der Waals surface area contributed by atoms with E-state index in [-0.39, 0.29) is 30.7 Å². The second kappa shape index (κ2) is 8.14. The summed E-state index contributed by atoms with van der Waals surface area (Å²) in [5.74, 6) is 0.271. The Morgan fingerprint density at radius 1 is 1.53 bits per heavy atom. The fraction of sp³-hybridized carbons (Fsp3) is 0.667. The van der Waals surface area contributed by atoms with Crippen molar-refractivity contribution in [3.05, 3.63) is 21.6 Å². The first-order valence-electron chi connectivity index (χ1n) is 6.31. The van der Waals surface area contributed by atoms with Crippen molar-refractivity contribution in [3.63, 3.8) is 0 Å². The molecule has 0 fully saturated rings. The SMILES string of the molecule is CC(CO)CCCNc1cnn(CCO)c(=O)c1Cl. The molecule has 0 bridgehead atoms. The first kappa shape index (κ1) is 15.9. The van der Waals surface area contributed by atoms with Gasteiger partial charge in [-0.3, -0.25) is 4.79 Å². The van der Waals surface area contributed by atoms with Crippen molar-refractivity contribution in [2.24, 2.45) is 5.92 Å². The van der Waals surface area contributed by atoms with E-state index < -0.39 is 5.56 Å². The Kier molecular flexibility index (Phi) is 6.83. The van der Waals surface area contributed by atoms with E-state index in [1.54, 1.807) is 0 Å². The van der Waals surface area contributed by atoms with Gasteiger partial charge in [-0.1, -0.05) is 18.5 Å². The van der Waals surface area contributed by atoms with Crippen molar-refractivity contribution >= 4 is 17.3 Å². The van der Waals surface area contributed by atoms with Crippen LogP contribution in [0.3, 0.4) is 0 Å². The van der Waals surface area contributed by atoms with Crippen molar-refractivity contribution in [2.75, 3.05) is 25.1 Å². The lowest BCUT2D eigenvalue weighted by atomic mass is 10.1. The van der Waals surface area contributed by atoms with Crippen LogP contribution in [0.2, 0.25) is 5.02 Å². The summed E-state index contributed by atoms with van der Waals surface area (Å²) in [6.07, 6.45) is 3.25. The molecule has 3 N–H and O–H groups in total. The molecule has 0 radical (unpaired) electrons. The Labute approximate surface area is 117 Å². The van der Waals surface area contributed by atoms with Crippen LogP contribution in [-0.4, -0.2) is 39.8 Å². The first-order valence-corrected chi connectivity index (χ1v) is 6.69. The molecule has 108 valence electrons. The highest BCUT2D eigenvalue weighted by molar-refractivity contribution is 6.32. The van der Waals surface area contributed by atoms with Gasteiger partial charge in [0.15, 0.2) is 0 Å². The number of hydrogen-bond acceptors (Lipinski definition) is 5. The maximum absolute atomic E-state index is 11.8. The van der Waals surface area contributed by atoms with Gasteiger partial charge in [0.1, 0.15) is 5.02 Å². The van der Waals surface area contributed by atoms with Crippen LogP contribution in [0.15, 0.2) is 11.0 Å². The molecule has 1 aromatic rings. The molecule has 0 aliphatic rings. The fourth-order valence-electron chi connectivity index (χ4n) is 1.61. The average molecular weight is 290 g/mol. The maximum Gasteiger partial charge on any atom is 0.287 e. The van der Waals surface area contributed by atoms with Crippen LogP contribution in [0.1, 0.15) is 19.8 Å². The topological polar surface area (TPSA) is 87.4 Å². The third kappa shape index (κ3) is 4.81. The molecule has 0 aliphatic carbocycles. The zero-order valence-electron chi connectivity index (χ0n) is 11.0. The third-order valence-corrected chi connectivity index (χ3v) is 3.16. The molecule has 1 unspecified atom stereocenters. The molecule has 1 atom stereocenters. The Morgan fingerprint density at radius 3 is 2.89 bits per heavy atom. The number of hydrogen-bond donors (Lipinski definition) is 3. The smallest absolute Gasteiger partial charge is 0.287 e. The lowest BCUT2D eigenvalue weighted by Crippen LogP contribution is -2.25. The molecular formula is C12H20ClN3O3. The largest absolute Gasteiger partial charge is 0.396 e. The number of rotatable bonds is 8. The maximum atomic E-state index is 11.8. The summed E-state index contributed by atoms with van der Waals surface area (Å²) in [5, 5.41) is 24.7. The lowest BCUT2D eigenvalue weighted by molar-refractivity contribution is 0.229. The monoisotopic (exact) mass is 289 g/mol. The van der Waals surface area contributed by atoms with E-state index in [2.05, 4.69) is 10.4 Å². The zero-order chi connectivity index (χ0) is 14.3. The average Bonchev–Trinajstić information content (AvgIpc) is 2.42. The van der Waals surface area contributed by atoms with E-state index in [0.29, 0.717) is 12.2 Å². The number of anilines is 1. The standard InChI is InChI=1S/C12H20ClN3O3/c1-9(8-18)3-2-4-14-10-7-15-16(5-6-17)12(19)11(10)13/h7,9,14,17-18H,2-6,8H2,1H3. The second-order valence-electron chi connectivity index (χ2n) is 4.48. The first-order chi connectivity index (χ1) is 9.10. The van der Waals surface area contributed by atoms with Gasteiger partial charge in [0.05, 0.1) is 25.0 Å². The lowest BCUT2D eigenvalue weighted by Gasteiger charge is -2.11. The van der Waals surface area contributed by atoms with E-state index in [0.717, 1.165) is 17.5 Å². The molecular weight excluding hydrogens is 270 g/mol. The molecule has 0 aromatic carbocycles. The highest BCUT2D eigenvalue weighted by Crippen LogP contribution is 2.15. The highest BCUT2D eigenvalue weighted by atomic mass is 35.5. The molecule has 0 spiro atoms. The summed E-state index contributed by atoms with van der Waals surface area (Å²) in [4.78, 5) is 11.8. The van der Waals surface area contributed by atoms with Crippen LogP contribution in [0.5, 0.6) is 0 Å². The van der Waals surface area contributed by atoms with Crippen molar-refractivity contribution in [1.82, 2.24) is 9.78 Å². The quantitative estimate of drug-likeness (QED) is 0.614. The molecule has 0 amide bonds. The van der Waals surface area contributed by atoms with Crippen molar-refractivity contribution in [2.45, 2.75) is 26.3 Å². The van der Waals surface area contributed by atoms with Gasteiger partial charge >= 0.3 is 0 Å². The van der Waals surface area contributed by atoms with Crippen LogP contribution in [0, 0.1) is 5.92 Å². The minimum atomic E-state index is -0.413. The van der Waals surface area contributed by atoms with Crippen molar-refractivity contribution < 1.29 is 10.2 Å². The minimum Gasteiger partial charge on any atom is -0.396 e. The molecule has 1 heterocycles. The van der Waals surface area contributed by atoms with Crippen LogP contribution < -0.4 is 10.9 Å². The van der Waals surface area contributed by atoms with E-state index in [1.165, 1.54) is 6.20 Å². The van der Waals surface area contributed by atoms with Crippen molar-refractivity contribution in [3.8, 4) is 0 Å². The molecule has 0 aliphatic heterocycles. The van der Waals surface area contributed by atoms with Crippen LogP contribution in [0.25, 0.3) is 0 Å². The molecule has 0 saturated heterocycles. The molecule has 0 saturated carbocycles. The van der Waals surface area contributed by atoms with E-state index in [4.69, 9.17) is 21.8 Å². The zero-order valence-corrected chi connectivity index (χ0v) is 11.7. The van der Waals surface area contributed by atoms with Crippen LogP contribution in [0.4, 0.5) is 5.69 Å². The summed E-state index contributed by atoms with van der Waals surface area (Å²) in [6, 6.07) is 0. The summed E-state index contributed by atoms with van der Waals surface area (Å²) in [6.45, 7) is 2.79. The fourth-order valence-corrected chi connectivity index (χ4v) is 1.82. The highest BCUT2D eigenvalue weighted by Gasteiger charge is 2.08. The minimum absolute atomic E-state index is 0.0821. The molecule has 6 nitrogen and oxygen atoms in total. The second-order valence-corrected chi connectivity index (χ2v) is 4.86. The Morgan fingerprint density at radius 2 is 2.26 bits per heavy atom. The van der Waals surface area contributed by atoms with Gasteiger partial charge in [0.2, 0.25) is 0 Å². The van der Waals surface area contributed by atoms with Gasteiger partial charge in [0.25, 0.3) is 5.56 Å². The van der Waals surface area contributed by atoms with E-state index >= 15 is 0 Å². The summed E-state index contributed by atoms with van der Waals surface area (Å²) in [7, 11) is 0. The number of aliphatic hydroxyl groups is 2. The van der Waals surface area contributed by atoms with E-state index in [9.17, 15) is 4.79 Å². The predicted molar refractivity (Wildman–Crippen MR) is 74.6 cm³/mol. The summed E-state index contributed by atoms with van der Waals surface area (Å²) >= 11 is 5.95. The van der Waals surface area contributed by atoms with Gasteiger partial charge in [-0.2, -0.15) is 5.10 Å². The van der Waals surface area contributed by atoms with E-state index in [1.807, 2.05) is 6.92 Å². The molecule has 1 aromatic heterocycles. The number of nitrogens with one attached hydrogen (secondary N) is 1. The van der Waals surface area contributed by atoms with Crippen molar-refractivity contribution in [1.29, 1.82) is 0 Å². The normalized spacial score (nSPS) is 12.4. The van der Waals surface area contributed by atoms with Gasteiger partial charge in [0, 0.05) is 13.2 Å². The van der Waals surface area contributed by atoms with Gasteiger partial charge in [-0.15, -0.1) is 0 Å². The Hall–Kier alpha value is -1.11. The molecule has 1 rings (SSSR count). The number of nitrogens with zero attached hydrogens (tertiary/aromatic N) is 2. The number of aromatic nitrogens is 2. The number of halogens is 1. The summed E-state index contributed by atoms with van der Waals surface area (Å²) in [5.41, 5.74) is 0.0851. The summed E-state index contributed by atoms with van der Waals surface area (Å²) < 4.78 is 1.13. The van der Waals surface area contributed by atoms with Crippen LogP contribution >= 0.6 is 11.6 Å². The van der Waals surface area contributed by atoms with Gasteiger partial charge in [-0.25, -0.2) is 4.68 Å².